The van der Waals surface area contributed by atoms with Gasteiger partial charge in [0.1, 0.15) is 12.4 Å². The zero-order valence-electron chi connectivity index (χ0n) is 14.4. The zero-order valence-corrected chi connectivity index (χ0v) is 14.4. The van der Waals surface area contributed by atoms with Gasteiger partial charge in [-0.15, -0.1) is 0 Å². The van der Waals surface area contributed by atoms with Gasteiger partial charge in [0.15, 0.2) is 11.5 Å². The molecule has 8 heteroatoms. The molecule has 8 nitrogen and oxygen atoms in total. The van der Waals surface area contributed by atoms with Crippen molar-refractivity contribution in [3.8, 4) is 11.5 Å². The molecule has 1 atom stereocenters. The fraction of sp³-hybridized carbons (Fsp3) is 0.105. The molecule has 2 heterocycles. The van der Waals surface area contributed by atoms with Crippen molar-refractivity contribution in [3.63, 3.8) is 0 Å². The van der Waals surface area contributed by atoms with Gasteiger partial charge in [0, 0.05) is 11.4 Å². The van der Waals surface area contributed by atoms with E-state index in [1.165, 1.54) is 18.5 Å². The molecule has 0 spiro atoms. The molecule has 0 aliphatic carbocycles. The van der Waals surface area contributed by atoms with Crippen molar-refractivity contribution in [1.29, 1.82) is 0 Å². The number of carbonyl (C=O) groups excluding carboxylic acids is 1. The third kappa shape index (κ3) is 2.97. The molecule has 136 valence electrons. The maximum atomic E-state index is 13.1. The molecule has 27 heavy (non-hydrogen) atoms. The van der Waals surface area contributed by atoms with Crippen LogP contribution in [-0.2, 0) is 4.79 Å². The Labute approximate surface area is 154 Å². The second-order valence-corrected chi connectivity index (χ2v) is 6.16. The van der Waals surface area contributed by atoms with Crippen LogP contribution in [0.5, 0.6) is 11.5 Å². The lowest BCUT2D eigenvalue weighted by Gasteiger charge is -2.28. The Kier molecular flexibility index (Phi) is 4.00. The number of hydrogen-bond acceptors (Lipinski definition) is 6. The molecule has 0 unspecified atom stereocenters. The summed E-state index contributed by atoms with van der Waals surface area (Å²) in [6.07, 6.45) is 1.39. The summed E-state index contributed by atoms with van der Waals surface area (Å²) < 4.78 is 1.57. The number of para-hydroxylation sites is 1. The van der Waals surface area contributed by atoms with Gasteiger partial charge in [0.25, 0.3) is 5.91 Å². The van der Waals surface area contributed by atoms with Crippen LogP contribution in [0.15, 0.2) is 66.1 Å². The van der Waals surface area contributed by atoms with E-state index in [1.807, 2.05) is 18.2 Å². The number of carbonyl (C=O) groups is 1. The standard InChI is InChI=1S/C19H17N5O3/c1-11-16(18(27)23-13-5-3-2-4-6-13)17(24-19(22-11)20-10-21-24)12-7-8-14(25)15(26)9-12/h2-10,17,25-26H,1H3,(H,23,27)(H,20,21,22)/t17-/m1/s1. The molecule has 2 aromatic carbocycles. The average Bonchev–Trinajstić information content (AvgIpc) is 3.11. The lowest BCUT2D eigenvalue weighted by Crippen LogP contribution is -2.31. The second-order valence-electron chi connectivity index (χ2n) is 6.16. The van der Waals surface area contributed by atoms with Crippen molar-refractivity contribution >= 4 is 17.5 Å². The molecule has 1 aliphatic heterocycles. The van der Waals surface area contributed by atoms with Crippen molar-refractivity contribution in [2.24, 2.45) is 0 Å². The third-order valence-corrected chi connectivity index (χ3v) is 4.39. The monoisotopic (exact) mass is 363 g/mol. The number of rotatable bonds is 3. The first-order valence-corrected chi connectivity index (χ1v) is 8.30. The summed E-state index contributed by atoms with van der Waals surface area (Å²) in [5, 5.41) is 29.7. The fourth-order valence-electron chi connectivity index (χ4n) is 3.12. The van der Waals surface area contributed by atoms with Crippen molar-refractivity contribution in [3.05, 3.63) is 71.7 Å². The van der Waals surface area contributed by atoms with Gasteiger partial charge < -0.3 is 20.8 Å². The topological polar surface area (TPSA) is 112 Å². The minimum Gasteiger partial charge on any atom is -0.504 e. The summed E-state index contributed by atoms with van der Waals surface area (Å²) in [6, 6.07) is 13.0. The number of phenols is 2. The van der Waals surface area contributed by atoms with Gasteiger partial charge in [-0.1, -0.05) is 24.3 Å². The number of aromatic nitrogens is 3. The van der Waals surface area contributed by atoms with Crippen LogP contribution in [0.2, 0.25) is 0 Å². The first-order chi connectivity index (χ1) is 13.0. The van der Waals surface area contributed by atoms with Crippen molar-refractivity contribution in [2.75, 3.05) is 10.6 Å². The molecule has 4 N–H and O–H groups in total. The summed E-state index contributed by atoms with van der Waals surface area (Å²) in [4.78, 5) is 17.2. The van der Waals surface area contributed by atoms with Crippen LogP contribution in [0.1, 0.15) is 18.5 Å². The van der Waals surface area contributed by atoms with E-state index < -0.39 is 6.04 Å². The summed E-state index contributed by atoms with van der Waals surface area (Å²) in [5.74, 6) is -0.318. The molecule has 1 aromatic heterocycles. The Bertz CT molecular complexity index is 1040. The molecule has 1 aliphatic rings. The van der Waals surface area contributed by atoms with Crippen molar-refractivity contribution in [1.82, 2.24) is 14.8 Å². The lowest BCUT2D eigenvalue weighted by atomic mass is 9.94. The van der Waals surface area contributed by atoms with Crippen LogP contribution < -0.4 is 10.6 Å². The van der Waals surface area contributed by atoms with E-state index in [1.54, 1.807) is 29.8 Å². The minimum atomic E-state index is -0.612. The summed E-state index contributed by atoms with van der Waals surface area (Å²) in [6.45, 7) is 1.78. The number of aromatic hydroxyl groups is 2. The lowest BCUT2D eigenvalue weighted by molar-refractivity contribution is -0.113. The number of allylic oxidation sites excluding steroid dienone is 1. The van der Waals surface area contributed by atoms with Gasteiger partial charge in [0.2, 0.25) is 5.95 Å². The van der Waals surface area contributed by atoms with Gasteiger partial charge in [-0.05, 0) is 36.8 Å². The SMILES string of the molecule is CC1=C(C(=O)Nc2ccccc2)[C@@H](c2ccc(O)c(O)c2)n2ncnc2N1. The second kappa shape index (κ2) is 6.49. The van der Waals surface area contributed by atoms with Gasteiger partial charge in [-0.25, -0.2) is 4.68 Å². The average molecular weight is 363 g/mol. The molecule has 1 amide bonds. The molecule has 0 saturated heterocycles. The predicted octanol–water partition coefficient (Wildman–Crippen LogP) is 2.62. The highest BCUT2D eigenvalue weighted by Gasteiger charge is 2.33. The van der Waals surface area contributed by atoms with Crippen molar-refractivity contribution in [2.45, 2.75) is 13.0 Å². The summed E-state index contributed by atoms with van der Waals surface area (Å²) in [7, 11) is 0. The van der Waals surface area contributed by atoms with Gasteiger partial charge in [-0.3, -0.25) is 4.79 Å². The fourth-order valence-corrected chi connectivity index (χ4v) is 3.12. The molecule has 0 fully saturated rings. The van der Waals surface area contributed by atoms with E-state index in [0.717, 1.165) is 0 Å². The third-order valence-electron chi connectivity index (χ3n) is 4.39. The quantitative estimate of drug-likeness (QED) is 0.532. The summed E-state index contributed by atoms with van der Waals surface area (Å²) >= 11 is 0. The molecular formula is C19H17N5O3. The number of hydrogen-bond donors (Lipinski definition) is 4. The molecule has 0 bridgehead atoms. The maximum Gasteiger partial charge on any atom is 0.255 e. The highest BCUT2D eigenvalue weighted by Crippen LogP contribution is 2.38. The highest BCUT2D eigenvalue weighted by atomic mass is 16.3. The van der Waals surface area contributed by atoms with Gasteiger partial charge >= 0.3 is 0 Å². The van der Waals surface area contributed by atoms with Gasteiger partial charge in [0.05, 0.1) is 5.57 Å². The molecular weight excluding hydrogens is 346 g/mol. The zero-order chi connectivity index (χ0) is 19.0. The Morgan fingerprint density at radius 3 is 2.67 bits per heavy atom. The van der Waals surface area contributed by atoms with E-state index in [2.05, 4.69) is 20.7 Å². The van der Waals surface area contributed by atoms with Crippen LogP contribution in [0.3, 0.4) is 0 Å². The first-order valence-electron chi connectivity index (χ1n) is 8.30. The maximum absolute atomic E-state index is 13.1. The first kappa shape index (κ1) is 16.6. The van der Waals surface area contributed by atoms with Crippen LogP contribution in [0.25, 0.3) is 0 Å². The Morgan fingerprint density at radius 1 is 1.15 bits per heavy atom. The van der Waals surface area contributed by atoms with E-state index in [0.29, 0.717) is 28.5 Å². The van der Waals surface area contributed by atoms with Crippen molar-refractivity contribution < 1.29 is 15.0 Å². The molecule has 3 aromatic rings. The minimum absolute atomic E-state index is 0.234. The highest BCUT2D eigenvalue weighted by molar-refractivity contribution is 6.06. The number of amides is 1. The van der Waals surface area contributed by atoms with E-state index >= 15 is 0 Å². The number of phenolic OH excluding ortho intramolecular Hbond substituents is 2. The number of anilines is 2. The normalized spacial score (nSPS) is 15.8. The number of fused-ring (bicyclic) bond motifs is 1. The smallest absolute Gasteiger partial charge is 0.255 e. The Balaban J connectivity index is 1.79. The number of benzene rings is 2. The largest absolute Gasteiger partial charge is 0.504 e. The number of nitrogens with one attached hydrogen (secondary N) is 2. The Hall–Kier alpha value is -3.81. The van der Waals surface area contributed by atoms with E-state index in [4.69, 9.17) is 0 Å². The number of nitrogens with zero attached hydrogens (tertiary/aromatic N) is 3. The molecule has 0 saturated carbocycles. The van der Waals surface area contributed by atoms with Crippen LogP contribution in [-0.4, -0.2) is 30.9 Å². The molecule has 0 radical (unpaired) electrons. The van der Waals surface area contributed by atoms with Crippen LogP contribution in [0.4, 0.5) is 11.6 Å². The predicted molar refractivity (Wildman–Crippen MR) is 99.3 cm³/mol. The summed E-state index contributed by atoms with van der Waals surface area (Å²) in [5.41, 5.74) is 2.32. The van der Waals surface area contributed by atoms with Gasteiger partial charge in [-0.2, -0.15) is 10.1 Å². The molecule has 4 rings (SSSR count). The van der Waals surface area contributed by atoms with Crippen LogP contribution >= 0.6 is 0 Å². The Morgan fingerprint density at radius 2 is 1.93 bits per heavy atom. The van der Waals surface area contributed by atoms with E-state index in [9.17, 15) is 15.0 Å². The van der Waals surface area contributed by atoms with E-state index in [-0.39, 0.29) is 17.4 Å². The van der Waals surface area contributed by atoms with Crippen LogP contribution in [0, 0.1) is 0 Å².